The van der Waals surface area contributed by atoms with Gasteiger partial charge in [0.2, 0.25) is 0 Å². The fourth-order valence-corrected chi connectivity index (χ4v) is 2.68. The van der Waals surface area contributed by atoms with Crippen LogP contribution in [0.3, 0.4) is 0 Å². The molecule has 11 heteroatoms. The number of aliphatic hydroxyl groups is 1. The molecule has 5 nitrogen and oxygen atoms in total. The number of rotatable bonds is 7. The van der Waals surface area contributed by atoms with Gasteiger partial charge in [-0.2, -0.15) is 22.0 Å². The van der Waals surface area contributed by atoms with E-state index in [4.69, 9.17) is 16.7 Å². The molecule has 0 radical (unpaired) electrons. The number of carbonyl (C=O) groups is 1. The van der Waals surface area contributed by atoms with Crippen LogP contribution in [0, 0.1) is 5.92 Å². The number of carbonyl (C=O) groups excluding carboxylic acids is 1. The lowest BCUT2D eigenvalue weighted by atomic mass is 10.1. The predicted molar refractivity (Wildman–Crippen MR) is 91.6 cm³/mol. The minimum atomic E-state index is -4.95. The van der Waals surface area contributed by atoms with E-state index in [1.54, 1.807) is 6.92 Å². The van der Waals surface area contributed by atoms with Crippen molar-refractivity contribution in [2.75, 3.05) is 13.2 Å². The lowest BCUT2D eigenvalue weighted by Gasteiger charge is -2.15. The van der Waals surface area contributed by atoms with Crippen LogP contribution in [-0.2, 0) is 6.18 Å². The summed E-state index contributed by atoms with van der Waals surface area (Å²) in [4.78, 5) is 16.0. The van der Waals surface area contributed by atoms with Crippen LogP contribution in [0.25, 0.3) is 10.9 Å². The van der Waals surface area contributed by atoms with Crippen LogP contribution in [-0.4, -0.2) is 35.8 Å². The molecule has 154 valence electrons. The van der Waals surface area contributed by atoms with Crippen molar-refractivity contribution in [3.05, 3.63) is 34.5 Å². The Morgan fingerprint density at radius 3 is 2.54 bits per heavy atom. The number of ether oxygens (including phenoxy) is 1. The molecule has 0 saturated carbocycles. The van der Waals surface area contributed by atoms with E-state index in [0.717, 1.165) is 12.1 Å². The fraction of sp³-hybridized carbons (Fsp3) is 0.412. The van der Waals surface area contributed by atoms with Crippen LogP contribution in [0.15, 0.2) is 18.2 Å². The molecule has 0 spiro atoms. The molecular formula is C17H16ClF5N2O3. The number of pyridine rings is 1. The maximum absolute atomic E-state index is 13.4. The topological polar surface area (TPSA) is 71.5 Å². The van der Waals surface area contributed by atoms with E-state index in [-0.39, 0.29) is 35.2 Å². The SMILES string of the molecule is CCC(CO)CNC(=O)c1cc(Cl)c2cc(OC(F)F)cc(C(F)(F)F)c2n1. The second-order valence-corrected chi connectivity index (χ2v) is 6.31. The number of aromatic nitrogens is 1. The molecule has 0 saturated heterocycles. The van der Waals surface area contributed by atoms with Gasteiger partial charge in [0, 0.05) is 18.5 Å². The summed E-state index contributed by atoms with van der Waals surface area (Å²) in [6.45, 7) is -1.61. The molecule has 2 N–H and O–H groups in total. The first-order valence-corrected chi connectivity index (χ1v) is 8.50. The Bertz CT molecular complexity index is 857. The number of hydrogen-bond donors (Lipinski definition) is 2. The standard InChI is InChI=1S/C17H16ClF5N2O3/c1-2-8(7-26)6-24-15(27)13-5-12(18)10-3-9(28-16(19)20)4-11(14(10)25-13)17(21,22)23/h3-5,8,16,26H,2,6-7H2,1H3,(H,24,27). The molecule has 2 aromatic rings. The Balaban J connectivity index is 2.51. The highest BCUT2D eigenvalue weighted by atomic mass is 35.5. The summed E-state index contributed by atoms with van der Waals surface area (Å²) in [5.74, 6) is -1.74. The normalized spacial score (nSPS) is 13.0. The zero-order valence-corrected chi connectivity index (χ0v) is 15.2. The van der Waals surface area contributed by atoms with Gasteiger partial charge in [-0.05, 0) is 30.5 Å². The second kappa shape index (κ2) is 8.87. The van der Waals surface area contributed by atoms with Gasteiger partial charge in [0.05, 0.1) is 16.1 Å². The van der Waals surface area contributed by atoms with Gasteiger partial charge in [-0.3, -0.25) is 4.79 Å². The van der Waals surface area contributed by atoms with Crippen molar-refractivity contribution in [1.29, 1.82) is 0 Å². The molecule has 0 aliphatic carbocycles. The Morgan fingerprint density at radius 2 is 2.00 bits per heavy atom. The first-order valence-electron chi connectivity index (χ1n) is 8.12. The third-order valence-corrected chi connectivity index (χ3v) is 4.30. The van der Waals surface area contributed by atoms with Crippen LogP contribution >= 0.6 is 11.6 Å². The molecule has 1 unspecified atom stereocenters. The van der Waals surface area contributed by atoms with Crippen molar-refractivity contribution < 1.29 is 36.6 Å². The first-order chi connectivity index (χ1) is 13.1. The van der Waals surface area contributed by atoms with Gasteiger partial charge < -0.3 is 15.2 Å². The molecule has 0 fully saturated rings. The van der Waals surface area contributed by atoms with Gasteiger partial charge in [0.25, 0.3) is 5.91 Å². The zero-order chi connectivity index (χ0) is 21.1. The van der Waals surface area contributed by atoms with Gasteiger partial charge in [-0.25, -0.2) is 4.98 Å². The Kier molecular flexibility index (Phi) is 7.00. The summed E-state index contributed by atoms with van der Waals surface area (Å²) in [5, 5.41) is 11.0. The summed E-state index contributed by atoms with van der Waals surface area (Å²) in [5.41, 5.74) is -2.40. The maximum Gasteiger partial charge on any atom is 0.418 e. The van der Waals surface area contributed by atoms with Crippen molar-refractivity contribution in [2.24, 2.45) is 5.92 Å². The smallest absolute Gasteiger partial charge is 0.418 e. The van der Waals surface area contributed by atoms with Crippen molar-refractivity contribution in [2.45, 2.75) is 26.1 Å². The Hall–Kier alpha value is -2.20. The average molecular weight is 427 g/mol. The van der Waals surface area contributed by atoms with Crippen molar-refractivity contribution >= 4 is 28.4 Å². The summed E-state index contributed by atoms with van der Waals surface area (Å²) in [6.07, 6.45) is -4.37. The molecular weight excluding hydrogens is 411 g/mol. The van der Waals surface area contributed by atoms with E-state index in [2.05, 4.69) is 15.0 Å². The van der Waals surface area contributed by atoms with E-state index >= 15 is 0 Å². The summed E-state index contributed by atoms with van der Waals surface area (Å²) in [7, 11) is 0. The van der Waals surface area contributed by atoms with Gasteiger partial charge in [-0.1, -0.05) is 18.5 Å². The molecule has 1 heterocycles. The van der Waals surface area contributed by atoms with Gasteiger partial charge in [0.15, 0.2) is 0 Å². The summed E-state index contributed by atoms with van der Waals surface area (Å²) >= 11 is 5.98. The zero-order valence-electron chi connectivity index (χ0n) is 14.5. The van der Waals surface area contributed by atoms with E-state index in [1.165, 1.54) is 0 Å². The highest BCUT2D eigenvalue weighted by molar-refractivity contribution is 6.35. The van der Waals surface area contributed by atoms with Crippen molar-refractivity contribution in [3.63, 3.8) is 0 Å². The average Bonchev–Trinajstić information content (AvgIpc) is 2.60. The molecule has 28 heavy (non-hydrogen) atoms. The van der Waals surface area contributed by atoms with Crippen LogP contribution in [0.4, 0.5) is 22.0 Å². The monoisotopic (exact) mass is 426 g/mol. The molecule has 2 rings (SSSR count). The molecule has 0 aliphatic heterocycles. The third-order valence-electron chi connectivity index (χ3n) is 3.99. The van der Waals surface area contributed by atoms with Gasteiger partial charge in [-0.15, -0.1) is 0 Å². The molecule has 1 amide bonds. The quantitative estimate of drug-likeness (QED) is 0.649. The van der Waals surface area contributed by atoms with Crippen LogP contribution in [0.1, 0.15) is 29.4 Å². The lowest BCUT2D eigenvalue weighted by Crippen LogP contribution is -2.31. The van der Waals surface area contributed by atoms with E-state index < -0.39 is 35.5 Å². The number of halogens is 6. The first kappa shape index (κ1) is 22.1. The van der Waals surface area contributed by atoms with Crippen molar-refractivity contribution in [1.82, 2.24) is 10.3 Å². The number of nitrogens with zero attached hydrogens (tertiary/aromatic N) is 1. The number of alkyl halides is 5. The molecule has 1 aromatic heterocycles. The Labute approximate surface area is 161 Å². The van der Waals surface area contributed by atoms with Gasteiger partial charge >= 0.3 is 12.8 Å². The fourth-order valence-electron chi connectivity index (χ4n) is 2.43. The van der Waals surface area contributed by atoms with E-state index in [1.807, 2.05) is 0 Å². The molecule has 0 aliphatic rings. The minimum absolute atomic E-state index is 0.0937. The van der Waals surface area contributed by atoms with Crippen LogP contribution in [0.2, 0.25) is 5.02 Å². The molecule has 0 bridgehead atoms. The van der Waals surface area contributed by atoms with Crippen LogP contribution < -0.4 is 10.1 Å². The second-order valence-electron chi connectivity index (χ2n) is 5.90. The number of nitrogens with one attached hydrogen (secondary N) is 1. The molecule has 1 atom stereocenters. The largest absolute Gasteiger partial charge is 0.435 e. The Morgan fingerprint density at radius 1 is 1.32 bits per heavy atom. The number of aliphatic hydroxyl groups excluding tert-OH is 1. The number of benzene rings is 1. The maximum atomic E-state index is 13.4. The van der Waals surface area contributed by atoms with E-state index in [0.29, 0.717) is 12.5 Å². The van der Waals surface area contributed by atoms with Crippen LogP contribution in [0.5, 0.6) is 5.75 Å². The number of fused-ring (bicyclic) bond motifs is 1. The molecule has 1 aromatic carbocycles. The van der Waals surface area contributed by atoms with Gasteiger partial charge in [0.1, 0.15) is 11.4 Å². The predicted octanol–water partition coefficient (Wildman–Crippen LogP) is 4.26. The number of amides is 1. The van der Waals surface area contributed by atoms with E-state index in [9.17, 15) is 26.7 Å². The van der Waals surface area contributed by atoms with Crippen molar-refractivity contribution in [3.8, 4) is 5.75 Å². The highest BCUT2D eigenvalue weighted by Crippen LogP contribution is 2.39. The lowest BCUT2D eigenvalue weighted by molar-refractivity contribution is -0.136. The summed E-state index contributed by atoms with van der Waals surface area (Å²) in [6, 6.07) is 2.30. The number of hydrogen-bond acceptors (Lipinski definition) is 4. The highest BCUT2D eigenvalue weighted by Gasteiger charge is 2.35. The third kappa shape index (κ3) is 5.20. The minimum Gasteiger partial charge on any atom is -0.435 e. The summed E-state index contributed by atoms with van der Waals surface area (Å²) < 4.78 is 69.0.